The molecule has 1 aromatic rings. The first-order chi connectivity index (χ1) is 15.2. The number of esters is 1. The van der Waals surface area contributed by atoms with Crippen LogP contribution in [-0.4, -0.2) is 62.9 Å². The zero-order chi connectivity index (χ0) is 23.7. The van der Waals surface area contributed by atoms with Gasteiger partial charge < -0.3 is 29.4 Å². The zero-order valence-electron chi connectivity index (χ0n) is 19.2. The normalized spacial score (nSPS) is 27.2. The number of rotatable bonds is 12. The Morgan fingerprint density at radius 2 is 1.88 bits per heavy atom. The van der Waals surface area contributed by atoms with E-state index in [1.54, 1.807) is 6.92 Å². The minimum Gasteiger partial charge on any atom is -0.465 e. The molecule has 7 nitrogen and oxygen atoms in total. The van der Waals surface area contributed by atoms with Crippen LogP contribution in [0.1, 0.15) is 39.2 Å². The van der Waals surface area contributed by atoms with Gasteiger partial charge in [0, 0.05) is 19.4 Å². The van der Waals surface area contributed by atoms with Crippen molar-refractivity contribution < 1.29 is 37.3 Å². The van der Waals surface area contributed by atoms with Crippen LogP contribution < -0.4 is 5.73 Å². The maximum absolute atomic E-state index is 15.4. The summed E-state index contributed by atoms with van der Waals surface area (Å²) in [5.74, 6) is -4.56. The van der Waals surface area contributed by atoms with Gasteiger partial charge in [0.2, 0.25) is 0 Å². The van der Waals surface area contributed by atoms with Gasteiger partial charge >= 0.3 is 5.97 Å². The van der Waals surface area contributed by atoms with Crippen LogP contribution in [0.2, 0.25) is 0 Å². The van der Waals surface area contributed by atoms with E-state index in [1.165, 1.54) is 7.11 Å². The molecule has 1 heterocycles. The molecule has 1 unspecified atom stereocenters. The molecule has 2 N–H and O–H groups in total. The Bertz CT molecular complexity index is 692. The van der Waals surface area contributed by atoms with E-state index in [-0.39, 0.29) is 25.9 Å². The smallest absolute Gasteiger partial charge is 0.323 e. The Hall–Kier alpha value is -1.65. The molecule has 6 atom stereocenters. The molecule has 0 spiro atoms. The molecule has 0 aromatic heterocycles. The van der Waals surface area contributed by atoms with Crippen LogP contribution in [0, 0.1) is 5.92 Å². The van der Waals surface area contributed by atoms with Crippen molar-refractivity contribution in [3.05, 3.63) is 35.9 Å². The molecule has 182 valence electrons. The van der Waals surface area contributed by atoms with Crippen molar-refractivity contribution in [2.24, 2.45) is 11.7 Å². The molecule has 0 bridgehead atoms. The average molecular weight is 460 g/mol. The molecule has 9 heteroatoms. The number of hydrogen-bond acceptors (Lipinski definition) is 7. The highest BCUT2D eigenvalue weighted by atomic mass is 19.3. The maximum Gasteiger partial charge on any atom is 0.323 e. The second kappa shape index (κ2) is 12.6. The van der Waals surface area contributed by atoms with Crippen molar-refractivity contribution >= 4 is 5.97 Å². The average Bonchev–Trinajstić information content (AvgIpc) is 2.77. The lowest BCUT2D eigenvalue weighted by Crippen LogP contribution is -2.62. The lowest BCUT2D eigenvalue weighted by Gasteiger charge is -2.47. The molecule has 1 aliphatic rings. The highest BCUT2D eigenvalue weighted by Gasteiger charge is 2.56. The quantitative estimate of drug-likeness (QED) is 0.379. The Morgan fingerprint density at radius 3 is 2.47 bits per heavy atom. The van der Waals surface area contributed by atoms with Crippen LogP contribution in [0.25, 0.3) is 0 Å². The molecular weight excluding hydrogens is 424 g/mol. The highest BCUT2D eigenvalue weighted by molar-refractivity contribution is 5.75. The van der Waals surface area contributed by atoms with E-state index in [9.17, 15) is 4.79 Å². The number of carbonyl (C=O) groups excluding carboxylic acids is 1. The van der Waals surface area contributed by atoms with Crippen molar-refractivity contribution in [2.45, 2.75) is 76.6 Å². The summed E-state index contributed by atoms with van der Waals surface area (Å²) in [6.07, 6.45) is -4.37. The van der Waals surface area contributed by atoms with Gasteiger partial charge in [-0.2, -0.15) is 0 Å². The molecule has 1 saturated heterocycles. The van der Waals surface area contributed by atoms with E-state index in [0.717, 1.165) is 5.56 Å². The van der Waals surface area contributed by atoms with E-state index in [0.29, 0.717) is 6.42 Å². The Labute approximate surface area is 188 Å². The molecule has 2 rings (SSSR count). The minimum atomic E-state index is -3.47. The molecule has 32 heavy (non-hydrogen) atoms. The number of methoxy groups -OCH3 is 1. The SMILES string of the molecule is CCOC(=O)C(N)CC(F)(F)[C@H]1O[C@H](CC)[C@H](C)[C@H](OCc2ccccc2)[C@H]1OCOC. The molecular formula is C23H35F2NO6. The lowest BCUT2D eigenvalue weighted by molar-refractivity contribution is -0.293. The van der Waals surface area contributed by atoms with Gasteiger partial charge in [-0.1, -0.05) is 44.2 Å². The summed E-state index contributed by atoms with van der Waals surface area (Å²) in [6.45, 7) is 5.43. The van der Waals surface area contributed by atoms with Crippen LogP contribution in [0.5, 0.6) is 0 Å². The molecule has 0 saturated carbocycles. The molecule has 0 radical (unpaired) electrons. The first-order valence-electron chi connectivity index (χ1n) is 11.0. The summed E-state index contributed by atoms with van der Waals surface area (Å²) in [7, 11) is 1.41. The number of carbonyl (C=O) groups is 1. The van der Waals surface area contributed by atoms with E-state index >= 15 is 8.78 Å². The fourth-order valence-electron chi connectivity index (χ4n) is 3.96. The Morgan fingerprint density at radius 1 is 1.19 bits per heavy atom. The van der Waals surface area contributed by atoms with Gasteiger partial charge in [-0.3, -0.25) is 4.79 Å². The van der Waals surface area contributed by atoms with Crippen molar-refractivity contribution in [3.8, 4) is 0 Å². The number of benzene rings is 1. The number of halogens is 2. The Kier molecular flexibility index (Phi) is 10.4. The first-order valence-corrected chi connectivity index (χ1v) is 11.0. The standard InChI is InChI=1S/C23H35F2NO6/c1-5-18-15(3)19(30-13-16-10-8-7-9-11-16)20(31-14-28-4)21(32-18)23(24,25)12-17(26)22(27)29-6-2/h7-11,15,17-21H,5-6,12-14,26H2,1-4H3/t15-,17?,18+,19-,20+,21-/m0/s1. The van der Waals surface area contributed by atoms with E-state index < -0.39 is 48.8 Å². The molecule has 1 aromatic carbocycles. The zero-order valence-corrected chi connectivity index (χ0v) is 19.2. The van der Waals surface area contributed by atoms with Crippen molar-refractivity contribution in [2.75, 3.05) is 20.5 Å². The summed E-state index contributed by atoms with van der Waals surface area (Å²) < 4.78 is 58.2. The fraction of sp³-hybridized carbons (Fsp3) is 0.696. The summed E-state index contributed by atoms with van der Waals surface area (Å²) in [6, 6.07) is 7.97. The summed E-state index contributed by atoms with van der Waals surface area (Å²) in [5, 5.41) is 0. The number of nitrogens with two attached hydrogens (primary N) is 1. The highest BCUT2D eigenvalue weighted by Crippen LogP contribution is 2.40. The second-order valence-corrected chi connectivity index (χ2v) is 7.99. The number of ether oxygens (including phenoxy) is 5. The first kappa shape index (κ1) is 26.6. The molecule has 0 amide bonds. The van der Waals surface area contributed by atoms with Gasteiger partial charge in [0.1, 0.15) is 18.9 Å². The van der Waals surface area contributed by atoms with Crippen LogP contribution >= 0.6 is 0 Å². The molecule has 1 fully saturated rings. The topological polar surface area (TPSA) is 89.2 Å². The largest absolute Gasteiger partial charge is 0.465 e. The predicted molar refractivity (Wildman–Crippen MR) is 114 cm³/mol. The second-order valence-electron chi connectivity index (χ2n) is 7.99. The van der Waals surface area contributed by atoms with Crippen molar-refractivity contribution in [1.29, 1.82) is 0 Å². The lowest BCUT2D eigenvalue weighted by atomic mass is 9.83. The van der Waals surface area contributed by atoms with Gasteiger partial charge in [-0.25, -0.2) is 8.78 Å². The van der Waals surface area contributed by atoms with E-state index in [2.05, 4.69) is 0 Å². The van der Waals surface area contributed by atoms with Gasteiger partial charge in [0.05, 0.1) is 25.4 Å². The van der Waals surface area contributed by atoms with Crippen molar-refractivity contribution in [3.63, 3.8) is 0 Å². The van der Waals surface area contributed by atoms with Crippen molar-refractivity contribution in [1.82, 2.24) is 0 Å². The monoisotopic (exact) mass is 459 g/mol. The van der Waals surface area contributed by atoms with Gasteiger partial charge in [0.15, 0.2) is 6.10 Å². The molecule has 1 aliphatic heterocycles. The third kappa shape index (κ3) is 6.92. The number of alkyl halides is 2. The fourth-order valence-corrected chi connectivity index (χ4v) is 3.96. The predicted octanol–water partition coefficient (Wildman–Crippen LogP) is 3.29. The third-order valence-electron chi connectivity index (χ3n) is 5.61. The van der Waals surface area contributed by atoms with E-state index in [1.807, 2.05) is 44.2 Å². The maximum atomic E-state index is 15.4. The summed E-state index contributed by atoms with van der Waals surface area (Å²) in [4.78, 5) is 11.9. The minimum absolute atomic E-state index is 0.0580. The van der Waals surface area contributed by atoms with Crippen LogP contribution in [0.15, 0.2) is 30.3 Å². The summed E-state index contributed by atoms with van der Waals surface area (Å²) in [5.41, 5.74) is 6.61. The van der Waals surface area contributed by atoms with Crippen LogP contribution in [-0.2, 0) is 35.1 Å². The summed E-state index contributed by atoms with van der Waals surface area (Å²) >= 11 is 0. The van der Waals surface area contributed by atoms with Gasteiger partial charge in [-0.15, -0.1) is 0 Å². The van der Waals surface area contributed by atoms with Gasteiger partial charge in [0.25, 0.3) is 5.92 Å². The van der Waals surface area contributed by atoms with E-state index in [4.69, 9.17) is 29.4 Å². The number of hydrogen-bond donors (Lipinski definition) is 1. The van der Waals surface area contributed by atoms with Crippen LogP contribution in [0.4, 0.5) is 8.78 Å². The Balaban J connectivity index is 2.27. The molecule has 0 aliphatic carbocycles. The van der Waals surface area contributed by atoms with Crippen LogP contribution in [0.3, 0.4) is 0 Å². The third-order valence-corrected chi connectivity index (χ3v) is 5.61. The van der Waals surface area contributed by atoms with Gasteiger partial charge in [-0.05, 0) is 18.9 Å².